The molecule has 0 saturated carbocycles. The highest BCUT2D eigenvalue weighted by molar-refractivity contribution is 6.39. The van der Waals surface area contributed by atoms with Gasteiger partial charge >= 0.3 is 5.97 Å². The molecule has 3 aromatic carbocycles. The maximum absolute atomic E-state index is 11.6. The van der Waals surface area contributed by atoms with Gasteiger partial charge in [0.05, 0.1) is 40.9 Å². The maximum Gasteiger partial charge on any atom is 0.306 e. The van der Waals surface area contributed by atoms with Crippen molar-refractivity contribution in [3.63, 3.8) is 0 Å². The average molecular weight is 749 g/mol. The van der Waals surface area contributed by atoms with E-state index in [1.807, 2.05) is 54.7 Å². The van der Waals surface area contributed by atoms with Crippen LogP contribution in [0.1, 0.15) is 47.6 Å². The number of nitrogens with one attached hydrogen (secondary N) is 2. The third kappa shape index (κ3) is 6.81. The number of ether oxygens (including phenoxy) is 1. The minimum atomic E-state index is -0.280. The molecule has 0 unspecified atom stereocenters. The first-order valence-electron chi connectivity index (χ1n) is 17.5. The number of methoxy groups -OCH3 is 1. The number of aliphatic hydroxyl groups excluding tert-OH is 1. The average Bonchev–Trinajstić information content (AvgIpc) is 3.90. The summed E-state index contributed by atoms with van der Waals surface area (Å²) in [6.45, 7) is 2.72. The van der Waals surface area contributed by atoms with Crippen molar-refractivity contribution in [2.24, 2.45) is 0 Å². The number of oxazole rings is 1. The van der Waals surface area contributed by atoms with E-state index in [2.05, 4.69) is 32.7 Å². The quantitative estimate of drug-likeness (QED) is 0.118. The van der Waals surface area contributed by atoms with Gasteiger partial charge in [0.1, 0.15) is 22.7 Å². The van der Waals surface area contributed by atoms with E-state index in [0.717, 1.165) is 48.0 Å². The van der Waals surface area contributed by atoms with E-state index < -0.39 is 0 Å². The monoisotopic (exact) mass is 747 g/mol. The van der Waals surface area contributed by atoms with E-state index in [-0.39, 0.29) is 24.5 Å². The molecule has 53 heavy (non-hydrogen) atoms. The van der Waals surface area contributed by atoms with Gasteiger partial charge in [-0.1, -0.05) is 47.5 Å². The van der Waals surface area contributed by atoms with Crippen LogP contribution in [-0.2, 0) is 22.5 Å². The van der Waals surface area contributed by atoms with Crippen molar-refractivity contribution in [1.29, 1.82) is 5.26 Å². The van der Waals surface area contributed by atoms with Crippen LogP contribution in [-0.4, -0.2) is 63.8 Å². The molecule has 4 heterocycles. The summed E-state index contributed by atoms with van der Waals surface area (Å²) >= 11 is 14.2. The third-order valence-electron chi connectivity index (χ3n) is 10.0. The molecule has 3 N–H and O–H groups in total. The number of benzene rings is 3. The van der Waals surface area contributed by atoms with E-state index in [0.29, 0.717) is 85.8 Å². The number of nitrogens with zero attached hydrogens (tertiary/aromatic N) is 5. The number of carbonyl (C=O) groups is 1. The number of anilines is 2. The zero-order valence-corrected chi connectivity index (χ0v) is 30.3. The SMILES string of the molecule is COC(=O)CCN[C@H]1CCc2c1cc1nc(-c3cccc(-c4cccc(Nc5nccc6cc(CN7CC[C@@H](O)C7)cnc56)c4Cl)c3Cl)oc1c2C#N. The van der Waals surface area contributed by atoms with Crippen molar-refractivity contribution < 1.29 is 19.1 Å². The Morgan fingerprint density at radius 1 is 1.09 bits per heavy atom. The predicted molar refractivity (Wildman–Crippen MR) is 204 cm³/mol. The molecule has 1 fully saturated rings. The first-order chi connectivity index (χ1) is 25.8. The topological polar surface area (TPSA) is 149 Å². The molecule has 11 nitrogen and oxygen atoms in total. The van der Waals surface area contributed by atoms with E-state index >= 15 is 0 Å². The minimum Gasteiger partial charge on any atom is -0.469 e. The molecule has 0 radical (unpaired) electrons. The molecular weight excluding hydrogens is 713 g/mol. The van der Waals surface area contributed by atoms with Gasteiger partial charge in [-0.15, -0.1) is 0 Å². The highest BCUT2D eigenvalue weighted by atomic mass is 35.5. The molecule has 0 spiro atoms. The summed E-state index contributed by atoms with van der Waals surface area (Å²) in [6.07, 6.45) is 5.87. The fourth-order valence-corrected chi connectivity index (χ4v) is 8.00. The Bertz CT molecular complexity index is 2430. The molecule has 268 valence electrons. The number of rotatable bonds is 10. The van der Waals surface area contributed by atoms with Gasteiger partial charge in [0.15, 0.2) is 11.4 Å². The molecule has 3 aromatic heterocycles. The number of carbonyl (C=O) groups excluding carboxylic acids is 1. The van der Waals surface area contributed by atoms with E-state index in [4.69, 9.17) is 42.3 Å². The van der Waals surface area contributed by atoms with Crippen molar-refractivity contribution in [2.45, 2.75) is 44.4 Å². The van der Waals surface area contributed by atoms with Gasteiger partial charge in [-0.25, -0.2) is 9.97 Å². The summed E-state index contributed by atoms with van der Waals surface area (Å²) in [5.74, 6) is 0.578. The van der Waals surface area contributed by atoms with Crippen LogP contribution < -0.4 is 10.6 Å². The van der Waals surface area contributed by atoms with Crippen LogP contribution in [0.5, 0.6) is 0 Å². The van der Waals surface area contributed by atoms with Crippen molar-refractivity contribution in [1.82, 2.24) is 25.2 Å². The molecule has 1 aliphatic carbocycles. The lowest BCUT2D eigenvalue weighted by Crippen LogP contribution is -2.22. The minimum absolute atomic E-state index is 0.0193. The summed E-state index contributed by atoms with van der Waals surface area (Å²) in [4.78, 5) is 28.0. The number of hydrogen-bond donors (Lipinski definition) is 3. The van der Waals surface area contributed by atoms with Gasteiger partial charge in [0.25, 0.3) is 0 Å². The fraction of sp³-hybridized carbons (Fsp3) is 0.275. The lowest BCUT2D eigenvalue weighted by Gasteiger charge is -2.16. The second kappa shape index (κ2) is 14.7. The Morgan fingerprint density at radius 3 is 2.70 bits per heavy atom. The number of likely N-dealkylation sites (tertiary alicyclic amines) is 1. The maximum atomic E-state index is 11.6. The first-order valence-corrected chi connectivity index (χ1v) is 18.2. The molecule has 0 bridgehead atoms. The standard InChI is InChI=1S/C40H35Cl2N7O4/c1-52-34(51)11-14-44-31-9-8-25-29(31)17-33-38(30(25)18-43)53-40(48-33)28-6-2-4-26(35(28)41)27-5-3-7-32(36(27)42)47-39-37-23(10-13-45-39)16-22(19-46-37)20-49-15-12-24(50)21-49/h2-7,10,13,16-17,19,24,31,44,50H,8-9,11-12,14-15,20-21H2,1H3,(H,45,47)/t24-,31+/m1/s1. The van der Waals surface area contributed by atoms with Crippen LogP contribution in [0, 0.1) is 11.3 Å². The lowest BCUT2D eigenvalue weighted by atomic mass is 10.0. The van der Waals surface area contributed by atoms with Crippen LogP contribution in [0.4, 0.5) is 11.5 Å². The van der Waals surface area contributed by atoms with Gasteiger partial charge < -0.3 is 24.9 Å². The third-order valence-corrected chi connectivity index (χ3v) is 10.8. The Balaban J connectivity index is 1.08. The Labute approximate surface area is 315 Å². The second-order valence-electron chi connectivity index (χ2n) is 13.4. The van der Waals surface area contributed by atoms with Gasteiger partial charge in [-0.05, 0) is 66.3 Å². The number of aromatic nitrogens is 3. The number of pyridine rings is 2. The normalized spacial score (nSPS) is 17.0. The Hall–Kier alpha value is -5.09. The second-order valence-corrected chi connectivity index (χ2v) is 14.1. The Kier molecular flexibility index (Phi) is 9.72. The number of halogens is 2. The summed E-state index contributed by atoms with van der Waals surface area (Å²) < 4.78 is 11.0. The van der Waals surface area contributed by atoms with Crippen molar-refractivity contribution in [2.75, 3.05) is 32.1 Å². The smallest absolute Gasteiger partial charge is 0.306 e. The highest BCUT2D eigenvalue weighted by Gasteiger charge is 2.29. The van der Waals surface area contributed by atoms with E-state index in [1.165, 1.54) is 7.11 Å². The zero-order chi connectivity index (χ0) is 36.6. The highest BCUT2D eigenvalue weighted by Crippen LogP contribution is 2.44. The molecule has 6 aromatic rings. The summed E-state index contributed by atoms with van der Waals surface area (Å²) in [5, 5.41) is 28.7. The van der Waals surface area contributed by atoms with Gasteiger partial charge in [-0.2, -0.15) is 5.26 Å². The number of β-amino-alcohol motifs (C(OH)–C–C–N with tert-alkyl or cyclic N) is 1. The van der Waals surface area contributed by atoms with E-state index in [9.17, 15) is 15.2 Å². The molecular formula is C40H35Cl2N7O4. The van der Waals surface area contributed by atoms with Crippen molar-refractivity contribution >= 4 is 62.7 Å². The number of esters is 1. The van der Waals surface area contributed by atoms with Crippen LogP contribution in [0.2, 0.25) is 10.0 Å². The van der Waals surface area contributed by atoms with Crippen LogP contribution >= 0.6 is 23.2 Å². The molecule has 0 amide bonds. The summed E-state index contributed by atoms with van der Waals surface area (Å²) in [5.41, 5.74) is 7.68. The first kappa shape index (κ1) is 35.0. The fourth-order valence-electron chi connectivity index (χ4n) is 7.41. The van der Waals surface area contributed by atoms with E-state index in [1.54, 1.807) is 6.20 Å². The van der Waals surface area contributed by atoms with Crippen LogP contribution in [0.25, 0.3) is 44.6 Å². The number of fused-ring (bicyclic) bond motifs is 3. The molecule has 2 atom stereocenters. The largest absolute Gasteiger partial charge is 0.469 e. The number of nitriles is 1. The number of hydrogen-bond acceptors (Lipinski definition) is 11. The molecule has 1 aliphatic heterocycles. The molecule has 1 saturated heterocycles. The summed E-state index contributed by atoms with van der Waals surface area (Å²) in [6, 6.07) is 19.6. The Morgan fingerprint density at radius 2 is 1.91 bits per heavy atom. The molecule has 2 aliphatic rings. The van der Waals surface area contributed by atoms with Gasteiger partial charge in [0.2, 0.25) is 5.89 Å². The molecule has 8 rings (SSSR count). The van der Waals surface area contributed by atoms with Crippen LogP contribution in [0.15, 0.2) is 71.4 Å². The predicted octanol–water partition coefficient (Wildman–Crippen LogP) is 7.73. The van der Waals surface area contributed by atoms with Crippen LogP contribution in [0.3, 0.4) is 0 Å². The van der Waals surface area contributed by atoms with Gasteiger partial charge in [-0.3, -0.25) is 14.7 Å². The molecule has 13 heteroatoms. The zero-order valence-electron chi connectivity index (χ0n) is 28.8. The lowest BCUT2D eigenvalue weighted by molar-refractivity contribution is -0.140. The van der Waals surface area contributed by atoms with Gasteiger partial charge in [0, 0.05) is 61.1 Å². The van der Waals surface area contributed by atoms with Crippen molar-refractivity contribution in [3.05, 3.63) is 99.3 Å². The summed E-state index contributed by atoms with van der Waals surface area (Å²) in [7, 11) is 1.37. The number of aliphatic hydroxyl groups is 1. The van der Waals surface area contributed by atoms with Crippen molar-refractivity contribution in [3.8, 4) is 28.7 Å².